The summed E-state index contributed by atoms with van der Waals surface area (Å²) in [5, 5.41) is 5.09. The van der Waals surface area contributed by atoms with Crippen LogP contribution in [0.2, 0.25) is 10.0 Å². The predicted octanol–water partition coefficient (Wildman–Crippen LogP) is 5.16. The van der Waals surface area contributed by atoms with Gasteiger partial charge in [-0.15, -0.1) is 0 Å². The van der Waals surface area contributed by atoms with Crippen LogP contribution in [0.4, 0.5) is 5.69 Å². The molecule has 0 saturated carbocycles. The number of nitrogens with one attached hydrogen (secondary N) is 1. The molecule has 3 aromatic rings. The molecule has 0 bridgehead atoms. The largest absolute Gasteiger partial charge is 0.325 e. The molecule has 146 valence electrons. The van der Waals surface area contributed by atoms with Crippen LogP contribution in [-0.4, -0.2) is 29.2 Å². The number of hydrogen-bond acceptors (Lipinski definition) is 3. The van der Waals surface area contributed by atoms with Gasteiger partial charge >= 0.3 is 0 Å². The first-order valence-electron chi connectivity index (χ1n) is 9.08. The Labute approximate surface area is 177 Å². The number of rotatable bonds is 5. The summed E-state index contributed by atoms with van der Waals surface area (Å²) >= 11 is 12.0. The van der Waals surface area contributed by atoms with Crippen LogP contribution in [0.5, 0.6) is 0 Å². The molecule has 0 aliphatic carbocycles. The summed E-state index contributed by atoms with van der Waals surface area (Å²) in [7, 11) is 0. The molecule has 3 aromatic carbocycles. The van der Waals surface area contributed by atoms with Gasteiger partial charge in [0.2, 0.25) is 5.91 Å². The number of amides is 3. The van der Waals surface area contributed by atoms with Crippen LogP contribution in [-0.2, 0) is 4.79 Å². The molecule has 7 heteroatoms. The molecule has 1 aliphatic heterocycles. The second kappa shape index (κ2) is 7.85. The lowest BCUT2D eigenvalue weighted by Gasteiger charge is -2.27. The summed E-state index contributed by atoms with van der Waals surface area (Å²) in [5.41, 5.74) is 1.44. The number of imide groups is 1. The minimum absolute atomic E-state index is 0.131. The Hall–Kier alpha value is -2.89. The highest BCUT2D eigenvalue weighted by Crippen LogP contribution is 2.30. The van der Waals surface area contributed by atoms with Gasteiger partial charge in [0, 0.05) is 34.5 Å². The van der Waals surface area contributed by atoms with E-state index in [4.69, 9.17) is 23.2 Å². The van der Waals surface area contributed by atoms with E-state index in [-0.39, 0.29) is 30.7 Å². The summed E-state index contributed by atoms with van der Waals surface area (Å²) in [6.45, 7) is 0.152. The normalized spacial score (nSPS) is 13.1. The predicted molar refractivity (Wildman–Crippen MR) is 114 cm³/mol. The minimum atomic E-state index is -0.336. The SMILES string of the molecule is O=C(CCCN1C(=O)c2cccc3cccc(c23)C1=O)Nc1cc(Cl)ccc1Cl. The zero-order chi connectivity index (χ0) is 20.5. The van der Waals surface area contributed by atoms with E-state index in [9.17, 15) is 14.4 Å². The number of anilines is 1. The topological polar surface area (TPSA) is 66.5 Å². The standard InChI is InChI=1S/C22H16Cl2N2O3/c23-14-9-10-17(24)18(12-14)25-19(27)8-3-11-26-21(28)15-6-1-4-13-5-2-7-16(20(13)15)22(26)29/h1-2,4-7,9-10,12H,3,8,11H2,(H,25,27). The van der Waals surface area contributed by atoms with Crippen LogP contribution in [0, 0.1) is 0 Å². The van der Waals surface area contributed by atoms with Crippen LogP contribution in [0.3, 0.4) is 0 Å². The van der Waals surface area contributed by atoms with Gasteiger partial charge in [0.15, 0.2) is 0 Å². The van der Waals surface area contributed by atoms with Crippen molar-refractivity contribution < 1.29 is 14.4 Å². The molecule has 5 nitrogen and oxygen atoms in total. The lowest BCUT2D eigenvalue weighted by Crippen LogP contribution is -2.41. The highest BCUT2D eigenvalue weighted by atomic mass is 35.5. The monoisotopic (exact) mass is 426 g/mol. The molecule has 0 fully saturated rings. The van der Waals surface area contributed by atoms with Gasteiger partial charge < -0.3 is 5.32 Å². The van der Waals surface area contributed by atoms with E-state index in [0.29, 0.717) is 38.7 Å². The lowest BCUT2D eigenvalue weighted by atomic mass is 9.94. The Balaban J connectivity index is 1.44. The molecule has 0 unspecified atom stereocenters. The first-order chi connectivity index (χ1) is 14.0. The van der Waals surface area contributed by atoms with Crippen LogP contribution in [0.1, 0.15) is 33.6 Å². The zero-order valence-electron chi connectivity index (χ0n) is 15.2. The molecule has 29 heavy (non-hydrogen) atoms. The van der Waals surface area contributed by atoms with Crippen LogP contribution < -0.4 is 5.32 Å². The number of benzene rings is 3. The highest BCUT2D eigenvalue weighted by Gasteiger charge is 2.32. The Morgan fingerprint density at radius 3 is 2.24 bits per heavy atom. The van der Waals surface area contributed by atoms with Gasteiger partial charge in [-0.25, -0.2) is 0 Å². The van der Waals surface area contributed by atoms with Crippen molar-refractivity contribution in [1.29, 1.82) is 0 Å². The van der Waals surface area contributed by atoms with E-state index in [0.717, 1.165) is 5.39 Å². The molecular weight excluding hydrogens is 411 g/mol. The molecule has 4 rings (SSSR count). The zero-order valence-corrected chi connectivity index (χ0v) is 16.8. The van der Waals surface area contributed by atoms with Crippen molar-refractivity contribution in [2.45, 2.75) is 12.8 Å². The third-order valence-electron chi connectivity index (χ3n) is 4.84. The van der Waals surface area contributed by atoms with Crippen molar-refractivity contribution in [3.8, 4) is 0 Å². The number of nitrogens with zero attached hydrogens (tertiary/aromatic N) is 1. The summed E-state index contributed by atoms with van der Waals surface area (Å²) in [4.78, 5) is 39.1. The molecule has 0 saturated heterocycles. The average molecular weight is 427 g/mol. The number of carbonyl (C=O) groups excluding carboxylic acids is 3. The van der Waals surface area contributed by atoms with Crippen LogP contribution in [0.25, 0.3) is 10.8 Å². The molecule has 3 amide bonds. The van der Waals surface area contributed by atoms with Gasteiger partial charge in [0.25, 0.3) is 11.8 Å². The molecule has 0 aromatic heterocycles. The molecule has 1 heterocycles. The minimum Gasteiger partial charge on any atom is -0.325 e. The van der Waals surface area contributed by atoms with Crippen molar-refractivity contribution in [1.82, 2.24) is 4.90 Å². The van der Waals surface area contributed by atoms with E-state index in [1.807, 2.05) is 12.1 Å². The van der Waals surface area contributed by atoms with Crippen molar-refractivity contribution >= 4 is 57.4 Å². The number of halogens is 2. The van der Waals surface area contributed by atoms with Gasteiger partial charge in [0.05, 0.1) is 10.7 Å². The second-order valence-corrected chi connectivity index (χ2v) is 7.59. The Morgan fingerprint density at radius 1 is 0.931 bits per heavy atom. The Morgan fingerprint density at radius 2 is 1.59 bits per heavy atom. The van der Waals surface area contributed by atoms with E-state index in [1.165, 1.54) is 4.90 Å². The highest BCUT2D eigenvalue weighted by molar-refractivity contribution is 6.35. The van der Waals surface area contributed by atoms with E-state index in [2.05, 4.69) is 5.32 Å². The summed E-state index contributed by atoms with van der Waals surface area (Å²) < 4.78 is 0. The third kappa shape index (κ3) is 3.71. The molecule has 0 spiro atoms. The summed E-state index contributed by atoms with van der Waals surface area (Å²) in [6.07, 6.45) is 0.464. The van der Waals surface area contributed by atoms with Crippen molar-refractivity contribution in [3.05, 3.63) is 75.8 Å². The van der Waals surface area contributed by atoms with Gasteiger partial charge in [-0.2, -0.15) is 0 Å². The molecule has 0 atom stereocenters. The maximum absolute atomic E-state index is 12.8. The average Bonchev–Trinajstić information content (AvgIpc) is 2.71. The molecule has 1 aliphatic rings. The first kappa shape index (κ1) is 19.4. The number of hydrogen-bond donors (Lipinski definition) is 1. The van der Waals surface area contributed by atoms with Crippen LogP contribution >= 0.6 is 23.2 Å². The van der Waals surface area contributed by atoms with Gasteiger partial charge in [-0.3, -0.25) is 19.3 Å². The van der Waals surface area contributed by atoms with Gasteiger partial charge in [-0.1, -0.05) is 47.5 Å². The van der Waals surface area contributed by atoms with Gasteiger partial charge in [-0.05, 0) is 42.1 Å². The van der Waals surface area contributed by atoms with Crippen LogP contribution in [0.15, 0.2) is 54.6 Å². The molecular formula is C22H16Cl2N2O3. The van der Waals surface area contributed by atoms with Crippen molar-refractivity contribution in [2.75, 3.05) is 11.9 Å². The lowest BCUT2D eigenvalue weighted by molar-refractivity contribution is -0.116. The first-order valence-corrected chi connectivity index (χ1v) is 9.84. The number of carbonyl (C=O) groups is 3. The fraction of sp³-hybridized carbons (Fsp3) is 0.136. The molecule has 0 radical (unpaired) electrons. The fourth-order valence-electron chi connectivity index (χ4n) is 3.49. The van der Waals surface area contributed by atoms with E-state index >= 15 is 0 Å². The summed E-state index contributed by atoms with van der Waals surface area (Å²) in [6, 6.07) is 15.6. The quantitative estimate of drug-likeness (QED) is 0.572. The molecule has 1 N–H and O–H groups in total. The summed E-state index contributed by atoms with van der Waals surface area (Å²) in [5.74, 6) is -0.941. The smallest absolute Gasteiger partial charge is 0.261 e. The van der Waals surface area contributed by atoms with Crippen molar-refractivity contribution in [3.63, 3.8) is 0 Å². The van der Waals surface area contributed by atoms with Crippen molar-refractivity contribution in [2.24, 2.45) is 0 Å². The van der Waals surface area contributed by atoms with E-state index < -0.39 is 0 Å². The Kier molecular flexibility index (Phi) is 5.26. The third-order valence-corrected chi connectivity index (χ3v) is 5.41. The van der Waals surface area contributed by atoms with Gasteiger partial charge in [0.1, 0.15) is 0 Å². The van der Waals surface area contributed by atoms with E-state index in [1.54, 1.807) is 42.5 Å². The maximum atomic E-state index is 12.8. The Bertz CT molecular complexity index is 1110. The fourth-order valence-corrected chi connectivity index (χ4v) is 3.82. The second-order valence-electron chi connectivity index (χ2n) is 6.75. The maximum Gasteiger partial charge on any atom is 0.261 e.